The van der Waals surface area contributed by atoms with Crippen LogP contribution in [0.5, 0.6) is 0 Å². The third-order valence-corrected chi connectivity index (χ3v) is 5.11. The molecule has 2 fully saturated rings. The van der Waals surface area contributed by atoms with E-state index in [-0.39, 0.29) is 24.0 Å². The fraction of sp³-hybridized carbons (Fsp3) is 0.944. The van der Waals surface area contributed by atoms with E-state index in [9.17, 15) is 0 Å². The first kappa shape index (κ1) is 22.9. The summed E-state index contributed by atoms with van der Waals surface area (Å²) in [7, 11) is 1.89. The quantitative estimate of drug-likeness (QED) is 0.368. The van der Waals surface area contributed by atoms with Crippen molar-refractivity contribution >= 4 is 29.9 Å². The first-order chi connectivity index (χ1) is 11.7. The summed E-state index contributed by atoms with van der Waals surface area (Å²) < 4.78 is 11.2. The summed E-state index contributed by atoms with van der Waals surface area (Å²) in [5, 5.41) is 3.62. The number of nitrogens with zero attached hydrogens (tertiary/aromatic N) is 3. The molecule has 1 atom stereocenters. The molecule has 0 aromatic carbocycles. The average Bonchev–Trinajstić information content (AvgIpc) is 2.60. The molecule has 2 aliphatic rings. The maximum atomic E-state index is 5.75. The molecule has 0 aromatic rings. The van der Waals surface area contributed by atoms with Gasteiger partial charge >= 0.3 is 0 Å². The minimum Gasteiger partial charge on any atom is -0.379 e. The summed E-state index contributed by atoms with van der Waals surface area (Å²) in [5.74, 6) is 1.64. The molecule has 0 spiro atoms. The fourth-order valence-electron chi connectivity index (χ4n) is 3.69. The van der Waals surface area contributed by atoms with E-state index in [1.807, 2.05) is 7.05 Å². The standard InChI is InChI=1S/C18H36N4O2.HI/c1-5-24-16-6-8-22(9-7-16)18(19-4)20-14-17(15(2)3)21-10-12-23-13-11-21;/h15-17H,5-14H2,1-4H3,(H,19,20);1H. The van der Waals surface area contributed by atoms with Crippen LogP contribution < -0.4 is 5.32 Å². The highest BCUT2D eigenvalue weighted by atomic mass is 127. The molecule has 2 saturated heterocycles. The lowest BCUT2D eigenvalue weighted by molar-refractivity contribution is 0.00707. The number of ether oxygens (including phenoxy) is 2. The predicted molar refractivity (Wildman–Crippen MR) is 114 cm³/mol. The number of likely N-dealkylation sites (tertiary alicyclic amines) is 1. The Kier molecular flexibility index (Phi) is 11.3. The van der Waals surface area contributed by atoms with Crippen molar-refractivity contribution < 1.29 is 9.47 Å². The molecular weight excluding hydrogens is 431 g/mol. The van der Waals surface area contributed by atoms with E-state index in [0.29, 0.717) is 18.1 Å². The van der Waals surface area contributed by atoms with Crippen LogP contribution in [0, 0.1) is 5.92 Å². The van der Waals surface area contributed by atoms with Gasteiger partial charge in [-0.3, -0.25) is 9.89 Å². The minimum absolute atomic E-state index is 0. The summed E-state index contributed by atoms with van der Waals surface area (Å²) in [4.78, 5) is 9.43. The monoisotopic (exact) mass is 468 g/mol. The van der Waals surface area contributed by atoms with E-state index in [1.165, 1.54) is 0 Å². The van der Waals surface area contributed by atoms with Gasteiger partial charge in [0.25, 0.3) is 0 Å². The second-order valence-electron chi connectivity index (χ2n) is 7.03. The van der Waals surface area contributed by atoms with Crippen LogP contribution in [0.4, 0.5) is 0 Å². The van der Waals surface area contributed by atoms with Crippen LogP contribution in [0.25, 0.3) is 0 Å². The van der Waals surface area contributed by atoms with Crippen molar-refractivity contribution in [1.29, 1.82) is 0 Å². The topological polar surface area (TPSA) is 49.3 Å². The molecule has 0 amide bonds. The third kappa shape index (κ3) is 7.19. The van der Waals surface area contributed by atoms with Gasteiger partial charge in [-0.05, 0) is 25.7 Å². The minimum atomic E-state index is 0. The number of hydrogen-bond acceptors (Lipinski definition) is 4. The second kappa shape index (κ2) is 12.3. The van der Waals surface area contributed by atoms with Crippen molar-refractivity contribution in [2.45, 2.75) is 45.8 Å². The molecule has 2 rings (SSSR count). The van der Waals surface area contributed by atoms with Gasteiger partial charge in [0.2, 0.25) is 0 Å². The van der Waals surface area contributed by atoms with Gasteiger partial charge in [-0.25, -0.2) is 0 Å². The molecule has 25 heavy (non-hydrogen) atoms. The Labute approximate surface area is 170 Å². The molecule has 0 saturated carbocycles. The van der Waals surface area contributed by atoms with Crippen LogP contribution in [-0.2, 0) is 9.47 Å². The Morgan fingerprint density at radius 3 is 2.36 bits per heavy atom. The van der Waals surface area contributed by atoms with Crippen LogP contribution in [0.15, 0.2) is 4.99 Å². The maximum Gasteiger partial charge on any atom is 0.193 e. The summed E-state index contributed by atoms with van der Waals surface area (Å²) in [6, 6.07) is 0.520. The zero-order chi connectivity index (χ0) is 17.4. The van der Waals surface area contributed by atoms with Crippen LogP contribution in [0.1, 0.15) is 33.6 Å². The Morgan fingerprint density at radius 2 is 1.84 bits per heavy atom. The number of halogens is 1. The lowest BCUT2D eigenvalue weighted by Crippen LogP contribution is -2.54. The Hall–Kier alpha value is -0.120. The Morgan fingerprint density at radius 1 is 1.20 bits per heavy atom. The summed E-state index contributed by atoms with van der Waals surface area (Å²) in [6.07, 6.45) is 2.60. The van der Waals surface area contributed by atoms with Gasteiger partial charge in [0.15, 0.2) is 5.96 Å². The van der Waals surface area contributed by atoms with Crippen LogP contribution in [0.2, 0.25) is 0 Å². The van der Waals surface area contributed by atoms with Crippen LogP contribution in [0.3, 0.4) is 0 Å². The molecule has 0 aliphatic carbocycles. The van der Waals surface area contributed by atoms with Crippen molar-refractivity contribution in [3.63, 3.8) is 0 Å². The van der Waals surface area contributed by atoms with E-state index >= 15 is 0 Å². The molecule has 0 radical (unpaired) electrons. The molecule has 2 aliphatic heterocycles. The van der Waals surface area contributed by atoms with Crippen molar-refractivity contribution in [1.82, 2.24) is 15.1 Å². The smallest absolute Gasteiger partial charge is 0.193 e. The molecular formula is C18H37IN4O2. The highest BCUT2D eigenvalue weighted by Crippen LogP contribution is 2.15. The van der Waals surface area contributed by atoms with Crippen molar-refractivity contribution in [2.24, 2.45) is 10.9 Å². The SMILES string of the molecule is CCOC1CCN(C(=NC)NCC(C(C)C)N2CCOCC2)CC1.I. The van der Waals surface area contributed by atoms with E-state index in [0.717, 1.165) is 71.3 Å². The van der Waals surface area contributed by atoms with E-state index < -0.39 is 0 Å². The first-order valence-electron chi connectivity index (χ1n) is 9.54. The van der Waals surface area contributed by atoms with Gasteiger partial charge in [-0.2, -0.15) is 0 Å². The molecule has 7 heteroatoms. The second-order valence-corrected chi connectivity index (χ2v) is 7.03. The number of hydrogen-bond donors (Lipinski definition) is 1. The molecule has 1 unspecified atom stereocenters. The largest absolute Gasteiger partial charge is 0.379 e. The Bertz CT molecular complexity index is 381. The lowest BCUT2D eigenvalue weighted by Gasteiger charge is -2.39. The molecule has 6 nitrogen and oxygen atoms in total. The molecule has 148 valence electrons. The summed E-state index contributed by atoms with van der Waals surface area (Å²) in [5.41, 5.74) is 0. The number of aliphatic imine (C=N–C) groups is 1. The first-order valence-corrected chi connectivity index (χ1v) is 9.54. The number of rotatable bonds is 6. The van der Waals surface area contributed by atoms with Gasteiger partial charge in [0, 0.05) is 52.4 Å². The molecule has 2 heterocycles. The van der Waals surface area contributed by atoms with Gasteiger partial charge in [-0.15, -0.1) is 24.0 Å². The Balaban J connectivity index is 0.00000312. The van der Waals surface area contributed by atoms with Crippen molar-refractivity contribution in [3.8, 4) is 0 Å². The zero-order valence-corrected chi connectivity index (χ0v) is 18.7. The number of nitrogens with one attached hydrogen (secondary N) is 1. The predicted octanol–water partition coefficient (Wildman–Crippen LogP) is 2.04. The van der Waals surface area contributed by atoms with Crippen molar-refractivity contribution in [2.75, 3.05) is 59.6 Å². The van der Waals surface area contributed by atoms with E-state index in [2.05, 4.69) is 40.9 Å². The lowest BCUT2D eigenvalue weighted by atomic mass is 10.0. The van der Waals surface area contributed by atoms with Crippen LogP contribution in [-0.4, -0.2) is 87.5 Å². The van der Waals surface area contributed by atoms with Gasteiger partial charge in [-0.1, -0.05) is 13.8 Å². The average molecular weight is 468 g/mol. The molecule has 1 N–H and O–H groups in total. The van der Waals surface area contributed by atoms with Gasteiger partial charge in [0.05, 0.1) is 19.3 Å². The van der Waals surface area contributed by atoms with Crippen LogP contribution >= 0.6 is 24.0 Å². The van der Waals surface area contributed by atoms with E-state index in [1.54, 1.807) is 0 Å². The van der Waals surface area contributed by atoms with Crippen molar-refractivity contribution in [3.05, 3.63) is 0 Å². The highest BCUT2D eigenvalue weighted by Gasteiger charge is 2.26. The third-order valence-electron chi connectivity index (χ3n) is 5.11. The van der Waals surface area contributed by atoms with Gasteiger partial charge < -0.3 is 19.7 Å². The summed E-state index contributed by atoms with van der Waals surface area (Å²) >= 11 is 0. The highest BCUT2D eigenvalue weighted by molar-refractivity contribution is 14.0. The fourth-order valence-corrected chi connectivity index (χ4v) is 3.69. The normalized spacial score (nSPS) is 22.0. The number of morpholine rings is 1. The van der Waals surface area contributed by atoms with E-state index in [4.69, 9.17) is 9.47 Å². The zero-order valence-electron chi connectivity index (χ0n) is 16.4. The number of guanidine groups is 1. The number of piperidine rings is 1. The maximum absolute atomic E-state index is 5.75. The van der Waals surface area contributed by atoms with Gasteiger partial charge in [0.1, 0.15) is 0 Å². The molecule has 0 aromatic heterocycles. The molecule has 0 bridgehead atoms. The summed E-state index contributed by atoms with van der Waals surface area (Å²) in [6.45, 7) is 14.2.